The lowest BCUT2D eigenvalue weighted by Crippen LogP contribution is -2.54. The van der Waals surface area contributed by atoms with Crippen LogP contribution in [0.15, 0.2) is 0 Å². The molecule has 0 spiro atoms. The molecule has 0 saturated carbocycles. The zero-order valence-electron chi connectivity index (χ0n) is 12.1. The smallest absolute Gasteiger partial charge is 0.401 e. The average molecular weight is 284 g/mol. The molecule has 0 aliphatic heterocycles. The Balaban J connectivity index is 4.54. The monoisotopic (exact) mass is 284 g/mol. The average Bonchev–Trinajstić information content (AvgIpc) is 2.22. The third-order valence-corrected chi connectivity index (χ3v) is 2.69. The van der Waals surface area contributed by atoms with E-state index in [-0.39, 0.29) is 19.0 Å². The first-order chi connectivity index (χ1) is 8.50. The van der Waals surface area contributed by atoms with E-state index in [1.807, 2.05) is 13.8 Å². The molecule has 0 saturated heterocycles. The van der Waals surface area contributed by atoms with Crippen molar-refractivity contribution >= 4 is 5.97 Å². The van der Waals surface area contributed by atoms with Crippen LogP contribution in [-0.4, -0.2) is 55.9 Å². The van der Waals surface area contributed by atoms with E-state index in [9.17, 15) is 18.0 Å². The third-order valence-electron chi connectivity index (χ3n) is 2.69. The van der Waals surface area contributed by atoms with Crippen molar-refractivity contribution in [3.63, 3.8) is 0 Å². The number of ether oxygens (including phenoxy) is 1. The van der Waals surface area contributed by atoms with E-state index in [0.29, 0.717) is 0 Å². The quantitative estimate of drug-likeness (QED) is 0.724. The summed E-state index contributed by atoms with van der Waals surface area (Å²) in [4.78, 5) is 12.9. The Labute approximate surface area is 112 Å². The number of alkyl halides is 3. The van der Waals surface area contributed by atoms with Gasteiger partial charge in [-0.15, -0.1) is 0 Å². The van der Waals surface area contributed by atoms with Crippen molar-refractivity contribution in [2.24, 2.45) is 0 Å². The summed E-state index contributed by atoms with van der Waals surface area (Å²) >= 11 is 0. The Morgan fingerprint density at radius 3 is 2.26 bits per heavy atom. The van der Waals surface area contributed by atoms with Gasteiger partial charge >= 0.3 is 12.1 Å². The summed E-state index contributed by atoms with van der Waals surface area (Å²) in [5.74, 6) is -0.471. The molecular weight excluding hydrogens is 261 g/mol. The van der Waals surface area contributed by atoms with Gasteiger partial charge in [-0.3, -0.25) is 15.0 Å². The van der Waals surface area contributed by atoms with Crippen molar-refractivity contribution in [2.45, 2.75) is 44.9 Å². The molecule has 0 aromatic heterocycles. The third kappa shape index (κ3) is 7.37. The summed E-state index contributed by atoms with van der Waals surface area (Å²) in [6, 6.07) is 0.0250. The molecule has 19 heavy (non-hydrogen) atoms. The maximum atomic E-state index is 12.2. The highest BCUT2D eigenvalue weighted by atomic mass is 19.4. The van der Waals surface area contributed by atoms with Crippen LogP contribution in [0.2, 0.25) is 0 Å². The van der Waals surface area contributed by atoms with Crippen LogP contribution in [0.3, 0.4) is 0 Å². The maximum absolute atomic E-state index is 12.2. The van der Waals surface area contributed by atoms with Crippen LogP contribution in [-0.2, 0) is 9.53 Å². The van der Waals surface area contributed by atoms with E-state index in [1.54, 1.807) is 6.92 Å². The fourth-order valence-electron chi connectivity index (χ4n) is 1.90. The van der Waals surface area contributed by atoms with Gasteiger partial charge in [-0.2, -0.15) is 13.2 Å². The summed E-state index contributed by atoms with van der Waals surface area (Å²) in [7, 11) is 2.64. The first kappa shape index (κ1) is 18.2. The maximum Gasteiger partial charge on any atom is 0.401 e. The molecule has 7 heteroatoms. The lowest BCUT2D eigenvalue weighted by atomic mass is 9.96. The zero-order valence-corrected chi connectivity index (χ0v) is 12.1. The number of nitrogens with one attached hydrogen (secondary N) is 1. The first-order valence-electron chi connectivity index (χ1n) is 6.11. The predicted molar refractivity (Wildman–Crippen MR) is 66.9 cm³/mol. The number of hydrogen-bond donors (Lipinski definition) is 1. The Hall–Kier alpha value is -0.820. The van der Waals surface area contributed by atoms with Gasteiger partial charge in [0.15, 0.2) is 0 Å². The fourth-order valence-corrected chi connectivity index (χ4v) is 1.90. The number of hydrogen-bond acceptors (Lipinski definition) is 4. The number of esters is 1. The van der Waals surface area contributed by atoms with Crippen LogP contribution in [0.5, 0.6) is 0 Å². The highest BCUT2D eigenvalue weighted by molar-refractivity contribution is 5.80. The highest BCUT2D eigenvalue weighted by Gasteiger charge is 2.36. The van der Waals surface area contributed by atoms with Crippen LogP contribution in [0.25, 0.3) is 0 Å². The van der Waals surface area contributed by atoms with Gasteiger partial charge in [0.05, 0.1) is 13.7 Å². The summed E-state index contributed by atoms with van der Waals surface area (Å²) in [6.07, 6.45) is -3.99. The van der Waals surface area contributed by atoms with Crippen molar-refractivity contribution in [3.05, 3.63) is 0 Å². The molecule has 1 unspecified atom stereocenters. The first-order valence-corrected chi connectivity index (χ1v) is 6.11. The van der Waals surface area contributed by atoms with Crippen LogP contribution in [0.4, 0.5) is 13.2 Å². The molecular formula is C12H23F3N2O2. The molecule has 0 fully saturated rings. The van der Waals surface area contributed by atoms with Crippen molar-refractivity contribution in [2.75, 3.05) is 27.2 Å². The lowest BCUT2D eigenvalue weighted by Gasteiger charge is -2.32. The molecule has 4 nitrogen and oxygen atoms in total. The van der Waals surface area contributed by atoms with Crippen molar-refractivity contribution < 1.29 is 22.7 Å². The molecule has 0 aromatic carbocycles. The highest BCUT2D eigenvalue weighted by Crippen LogP contribution is 2.18. The molecule has 1 N–H and O–H groups in total. The molecule has 0 amide bonds. The fraction of sp³-hybridized carbons (Fsp3) is 0.917. The molecule has 0 heterocycles. The van der Waals surface area contributed by atoms with E-state index in [2.05, 4.69) is 5.32 Å². The summed E-state index contributed by atoms with van der Waals surface area (Å²) in [6.45, 7) is 4.51. The van der Waals surface area contributed by atoms with E-state index in [1.165, 1.54) is 14.2 Å². The van der Waals surface area contributed by atoms with Crippen LogP contribution in [0, 0.1) is 0 Å². The molecule has 0 aliphatic rings. The Morgan fingerprint density at radius 1 is 1.37 bits per heavy atom. The SMILES string of the molecule is COC(=O)C(C)(CCN(C)CC(F)(F)F)NC(C)C. The minimum atomic E-state index is -4.23. The standard InChI is InChI=1S/C12H23F3N2O2/c1-9(2)16-11(3,10(18)19-5)6-7-17(4)8-12(13,14)15/h9,16H,6-8H2,1-5H3. The van der Waals surface area contributed by atoms with Crippen molar-refractivity contribution in [1.29, 1.82) is 0 Å². The van der Waals surface area contributed by atoms with E-state index in [0.717, 1.165) is 4.90 Å². The van der Waals surface area contributed by atoms with Crippen molar-refractivity contribution in [1.82, 2.24) is 10.2 Å². The van der Waals surface area contributed by atoms with Crippen molar-refractivity contribution in [3.8, 4) is 0 Å². The van der Waals surface area contributed by atoms with Gasteiger partial charge in [-0.1, -0.05) is 0 Å². The second-order valence-electron chi connectivity index (χ2n) is 5.23. The molecule has 1 atom stereocenters. The number of carbonyl (C=O) groups excluding carboxylic acids is 1. The molecule has 0 aliphatic carbocycles. The predicted octanol–water partition coefficient (Wildman–Crippen LogP) is 1.80. The van der Waals surface area contributed by atoms with E-state index >= 15 is 0 Å². The minimum absolute atomic E-state index is 0.0250. The van der Waals surface area contributed by atoms with Gasteiger partial charge in [0, 0.05) is 12.6 Å². The minimum Gasteiger partial charge on any atom is -0.468 e. The molecule has 114 valence electrons. The summed E-state index contributed by atoms with van der Waals surface area (Å²) in [5, 5.41) is 3.04. The largest absolute Gasteiger partial charge is 0.468 e. The van der Waals surface area contributed by atoms with Gasteiger partial charge in [-0.25, -0.2) is 0 Å². The Morgan fingerprint density at radius 2 is 1.89 bits per heavy atom. The normalized spacial score (nSPS) is 15.7. The van der Waals surface area contributed by atoms with Crippen LogP contribution in [0.1, 0.15) is 27.2 Å². The molecule has 0 radical (unpaired) electrons. The van der Waals surface area contributed by atoms with Gasteiger partial charge in [0.2, 0.25) is 0 Å². The Bertz CT molecular complexity index is 295. The summed E-state index contributed by atoms with van der Waals surface area (Å²) < 4.78 is 41.3. The number of halogens is 3. The number of nitrogens with zero attached hydrogens (tertiary/aromatic N) is 1. The van der Waals surface area contributed by atoms with Crippen LogP contribution >= 0.6 is 0 Å². The molecule has 0 aromatic rings. The molecule has 0 bridgehead atoms. The van der Waals surface area contributed by atoms with Gasteiger partial charge in [0.25, 0.3) is 0 Å². The zero-order chi connectivity index (χ0) is 15.3. The van der Waals surface area contributed by atoms with Gasteiger partial charge < -0.3 is 4.74 Å². The summed E-state index contributed by atoms with van der Waals surface area (Å²) in [5.41, 5.74) is -0.983. The topological polar surface area (TPSA) is 41.6 Å². The van der Waals surface area contributed by atoms with Gasteiger partial charge in [-0.05, 0) is 34.2 Å². The lowest BCUT2D eigenvalue weighted by molar-refractivity contribution is -0.150. The number of rotatable bonds is 7. The Kier molecular flexibility index (Phi) is 6.79. The van der Waals surface area contributed by atoms with Crippen LogP contribution < -0.4 is 5.32 Å². The number of carbonyl (C=O) groups is 1. The molecule has 0 rings (SSSR count). The van der Waals surface area contributed by atoms with E-state index < -0.39 is 24.2 Å². The van der Waals surface area contributed by atoms with E-state index in [4.69, 9.17) is 4.74 Å². The van der Waals surface area contributed by atoms with Gasteiger partial charge in [0.1, 0.15) is 5.54 Å². The second-order valence-corrected chi connectivity index (χ2v) is 5.23. The second kappa shape index (κ2) is 7.09. The number of methoxy groups -OCH3 is 1.